The summed E-state index contributed by atoms with van der Waals surface area (Å²) in [5, 5.41) is 17.5. The van der Waals surface area contributed by atoms with Crippen molar-refractivity contribution in [3.63, 3.8) is 0 Å². The molecule has 2 saturated heterocycles. The van der Waals surface area contributed by atoms with Crippen LogP contribution >= 0.6 is 15.9 Å². The van der Waals surface area contributed by atoms with E-state index in [9.17, 15) is 4.79 Å². The van der Waals surface area contributed by atoms with Gasteiger partial charge in [0, 0.05) is 42.9 Å². The number of nitrogens with one attached hydrogen (secondary N) is 1. The Hall–Kier alpha value is -2.72. The van der Waals surface area contributed by atoms with E-state index >= 15 is 0 Å². The van der Waals surface area contributed by atoms with Gasteiger partial charge in [0.15, 0.2) is 6.23 Å². The van der Waals surface area contributed by atoms with Crippen LogP contribution in [0.1, 0.15) is 38.3 Å². The molecule has 0 radical (unpaired) electrons. The fourth-order valence-corrected chi connectivity index (χ4v) is 4.88. The first-order valence-electron chi connectivity index (χ1n) is 10.9. The zero-order valence-corrected chi connectivity index (χ0v) is 19.2. The van der Waals surface area contributed by atoms with Crippen LogP contribution in [0.2, 0.25) is 0 Å². The number of anilines is 1. The minimum Gasteiger partial charge on any atom is -0.465 e. The number of nitrogens with zero attached hydrogens (tertiary/aromatic N) is 5. The number of hydrogen-bond acceptors (Lipinski definition) is 6. The van der Waals surface area contributed by atoms with Crippen LogP contribution in [0.25, 0.3) is 22.2 Å². The molecule has 32 heavy (non-hydrogen) atoms. The third-order valence-corrected chi connectivity index (χ3v) is 6.61. The van der Waals surface area contributed by atoms with Crippen LogP contribution in [-0.2, 0) is 4.74 Å². The molecule has 9 nitrogen and oxygen atoms in total. The van der Waals surface area contributed by atoms with Gasteiger partial charge in [-0.1, -0.05) is 0 Å². The van der Waals surface area contributed by atoms with E-state index in [1.165, 1.54) is 0 Å². The number of amides is 1. The van der Waals surface area contributed by atoms with E-state index in [0.29, 0.717) is 0 Å². The predicted octanol–water partition coefficient (Wildman–Crippen LogP) is 4.19. The highest BCUT2D eigenvalue weighted by Gasteiger charge is 2.24. The van der Waals surface area contributed by atoms with Crippen LogP contribution in [0.3, 0.4) is 0 Å². The molecule has 0 saturated carbocycles. The van der Waals surface area contributed by atoms with Crippen molar-refractivity contribution in [2.75, 3.05) is 24.6 Å². The lowest BCUT2D eigenvalue weighted by Crippen LogP contribution is -2.44. The number of ether oxygens (including phenoxy) is 1. The summed E-state index contributed by atoms with van der Waals surface area (Å²) < 4.78 is 8.71. The largest absolute Gasteiger partial charge is 0.465 e. The summed E-state index contributed by atoms with van der Waals surface area (Å²) in [5.74, 6) is 0. The van der Waals surface area contributed by atoms with Crippen molar-refractivity contribution >= 4 is 38.6 Å². The second-order valence-corrected chi connectivity index (χ2v) is 9.09. The molecular formula is C22H25BrN6O3. The van der Waals surface area contributed by atoms with Gasteiger partial charge in [-0.2, -0.15) is 5.10 Å². The third kappa shape index (κ3) is 4.29. The standard InChI is InChI=1S/C22H25BrN6O3/c23-19-10-17-18(13-25-19)29(20-3-1-2-8-32-20)27-21(17)14-9-16(12-24-11-14)28-6-4-15(5-7-28)26-22(30)31/h9-13,15,20,26H,1-8H2,(H,30,31). The Morgan fingerprint density at radius 3 is 2.75 bits per heavy atom. The van der Waals surface area contributed by atoms with Gasteiger partial charge in [-0.25, -0.2) is 14.5 Å². The molecule has 2 fully saturated rings. The fourth-order valence-electron chi connectivity index (χ4n) is 4.55. The zero-order valence-electron chi connectivity index (χ0n) is 17.6. The van der Waals surface area contributed by atoms with Crippen molar-refractivity contribution in [3.8, 4) is 11.3 Å². The summed E-state index contributed by atoms with van der Waals surface area (Å²) in [6.07, 6.45) is 9.16. The summed E-state index contributed by atoms with van der Waals surface area (Å²) in [5.41, 5.74) is 3.75. The number of fused-ring (bicyclic) bond motifs is 1. The van der Waals surface area contributed by atoms with E-state index in [4.69, 9.17) is 14.9 Å². The molecule has 5 rings (SSSR count). The topological polar surface area (TPSA) is 105 Å². The fraction of sp³-hybridized carbons (Fsp3) is 0.455. The SMILES string of the molecule is O=C(O)NC1CCN(c2cncc(-c3nn(C4CCCCO4)c4cnc(Br)cc34)c2)CC1. The highest BCUT2D eigenvalue weighted by molar-refractivity contribution is 9.10. The van der Waals surface area contributed by atoms with E-state index in [1.807, 2.05) is 29.3 Å². The Labute approximate surface area is 193 Å². The van der Waals surface area contributed by atoms with E-state index in [0.717, 1.165) is 84.3 Å². The van der Waals surface area contributed by atoms with Crippen molar-refractivity contribution in [1.29, 1.82) is 0 Å². The molecule has 5 heterocycles. The normalized spacial score (nSPS) is 19.9. The van der Waals surface area contributed by atoms with Gasteiger partial charge < -0.3 is 20.1 Å². The molecule has 1 amide bonds. The monoisotopic (exact) mass is 500 g/mol. The third-order valence-electron chi connectivity index (χ3n) is 6.17. The van der Waals surface area contributed by atoms with E-state index < -0.39 is 6.09 Å². The number of rotatable bonds is 4. The molecule has 0 aromatic carbocycles. The van der Waals surface area contributed by atoms with E-state index in [-0.39, 0.29) is 12.3 Å². The Bertz CT molecular complexity index is 1120. The van der Waals surface area contributed by atoms with Gasteiger partial charge in [0.2, 0.25) is 0 Å². The number of pyridine rings is 2. The smallest absolute Gasteiger partial charge is 0.404 e. The lowest BCUT2D eigenvalue weighted by atomic mass is 10.0. The Balaban J connectivity index is 1.46. The second-order valence-electron chi connectivity index (χ2n) is 8.28. The molecule has 2 N–H and O–H groups in total. The average molecular weight is 501 g/mol. The molecule has 0 spiro atoms. The van der Waals surface area contributed by atoms with Gasteiger partial charge in [-0.15, -0.1) is 0 Å². The molecule has 168 valence electrons. The Kier molecular flexibility index (Phi) is 5.97. The summed E-state index contributed by atoms with van der Waals surface area (Å²) in [7, 11) is 0. The number of carboxylic acid groups (broad SMARTS) is 1. The van der Waals surface area contributed by atoms with Gasteiger partial charge in [0.05, 0.1) is 23.6 Å². The minimum absolute atomic E-state index is 0.000113. The lowest BCUT2D eigenvalue weighted by Gasteiger charge is -2.33. The number of piperidine rings is 1. The predicted molar refractivity (Wildman–Crippen MR) is 124 cm³/mol. The number of carbonyl (C=O) groups is 1. The maximum Gasteiger partial charge on any atom is 0.404 e. The van der Waals surface area contributed by atoms with E-state index in [1.54, 1.807) is 0 Å². The summed E-state index contributed by atoms with van der Waals surface area (Å²) >= 11 is 3.49. The second kappa shape index (κ2) is 9.03. The average Bonchev–Trinajstić information content (AvgIpc) is 3.18. The van der Waals surface area contributed by atoms with Crippen LogP contribution in [0.15, 0.2) is 35.3 Å². The van der Waals surface area contributed by atoms with Crippen LogP contribution in [0.4, 0.5) is 10.5 Å². The lowest BCUT2D eigenvalue weighted by molar-refractivity contribution is -0.0365. The van der Waals surface area contributed by atoms with Crippen LogP contribution < -0.4 is 10.2 Å². The molecule has 3 aromatic rings. The van der Waals surface area contributed by atoms with Crippen molar-refractivity contribution in [3.05, 3.63) is 35.3 Å². The molecule has 0 aliphatic carbocycles. The van der Waals surface area contributed by atoms with Crippen molar-refractivity contribution < 1.29 is 14.6 Å². The highest BCUT2D eigenvalue weighted by atomic mass is 79.9. The Morgan fingerprint density at radius 1 is 1.16 bits per heavy atom. The van der Waals surface area contributed by atoms with Crippen molar-refractivity contribution in [1.82, 2.24) is 25.1 Å². The summed E-state index contributed by atoms with van der Waals surface area (Å²) in [6, 6.07) is 4.10. The Morgan fingerprint density at radius 2 is 2.00 bits per heavy atom. The first-order chi connectivity index (χ1) is 15.6. The first-order valence-corrected chi connectivity index (χ1v) is 11.7. The van der Waals surface area contributed by atoms with Crippen LogP contribution in [0.5, 0.6) is 0 Å². The maximum atomic E-state index is 10.9. The summed E-state index contributed by atoms with van der Waals surface area (Å²) in [4.78, 5) is 22.1. The molecule has 2 aliphatic rings. The molecular weight excluding hydrogens is 476 g/mol. The molecule has 1 unspecified atom stereocenters. The van der Waals surface area contributed by atoms with Gasteiger partial charge >= 0.3 is 6.09 Å². The number of aromatic nitrogens is 4. The summed E-state index contributed by atoms with van der Waals surface area (Å²) in [6.45, 7) is 2.29. The minimum atomic E-state index is -0.961. The van der Waals surface area contributed by atoms with Gasteiger partial charge in [0.1, 0.15) is 10.3 Å². The number of hydrogen-bond donors (Lipinski definition) is 2. The number of halogens is 1. The van der Waals surface area contributed by atoms with Crippen molar-refractivity contribution in [2.45, 2.75) is 44.4 Å². The quantitative estimate of drug-likeness (QED) is 0.517. The van der Waals surface area contributed by atoms with Crippen LogP contribution in [-0.4, -0.2) is 56.7 Å². The van der Waals surface area contributed by atoms with Crippen molar-refractivity contribution in [2.24, 2.45) is 0 Å². The highest BCUT2D eigenvalue weighted by Crippen LogP contribution is 2.34. The zero-order chi connectivity index (χ0) is 22.1. The van der Waals surface area contributed by atoms with E-state index in [2.05, 4.69) is 42.2 Å². The first kappa shape index (κ1) is 21.1. The van der Waals surface area contributed by atoms with Gasteiger partial charge in [-0.05, 0) is 60.2 Å². The van der Waals surface area contributed by atoms with Gasteiger partial charge in [0.25, 0.3) is 0 Å². The molecule has 1 atom stereocenters. The molecule has 10 heteroatoms. The molecule has 0 bridgehead atoms. The van der Waals surface area contributed by atoms with Gasteiger partial charge in [-0.3, -0.25) is 4.98 Å². The van der Waals surface area contributed by atoms with Crippen LogP contribution in [0, 0.1) is 0 Å². The molecule has 2 aliphatic heterocycles. The maximum absolute atomic E-state index is 10.9. The molecule has 3 aromatic heterocycles.